The molecule has 0 heterocycles. The van der Waals surface area contributed by atoms with Crippen LogP contribution in [0.5, 0.6) is 0 Å². The lowest BCUT2D eigenvalue weighted by Gasteiger charge is -2.07. The topological polar surface area (TPSA) is 58.2 Å². The second-order valence-corrected chi connectivity index (χ2v) is 5.14. The summed E-state index contributed by atoms with van der Waals surface area (Å²) < 4.78 is 0. The van der Waals surface area contributed by atoms with E-state index in [1.165, 1.54) is 0 Å². The number of unbranched alkanes of at least 4 members (excludes halogenated alkanes) is 3. The Morgan fingerprint density at radius 1 is 1.15 bits per heavy atom. The summed E-state index contributed by atoms with van der Waals surface area (Å²) in [5.74, 6) is -1.28. The predicted molar refractivity (Wildman–Crippen MR) is 82.0 cm³/mol. The van der Waals surface area contributed by atoms with Crippen molar-refractivity contribution in [2.45, 2.75) is 39.5 Å². The van der Waals surface area contributed by atoms with E-state index in [9.17, 15) is 9.59 Å². The van der Waals surface area contributed by atoms with Crippen molar-refractivity contribution in [1.29, 1.82) is 0 Å². The van der Waals surface area contributed by atoms with Crippen molar-refractivity contribution in [1.82, 2.24) is 5.32 Å². The molecule has 110 valence electrons. The molecule has 0 aromatic heterocycles. The van der Waals surface area contributed by atoms with Crippen LogP contribution in [0.15, 0.2) is 18.2 Å². The maximum atomic E-state index is 11.7. The maximum Gasteiger partial charge on any atom is 0.313 e. The SMILES string of the molecule is CCCCCCNC(=O)C(=O)Nc1ccc(C)c(Cl)c1. The fraction of sp³-hybridized carbons (Fsp3) is 0.467. The maximum absolute atomic E-state index is 11.7. The van der Waals surface area contributed by atoms with Crippen LogP contribution in [0.4, 0.5) is 5.69 Å². The summed E-state index contributed by atoms with van der Waals surface area (Å²) in [5.41, 5.74) is 1.44. The smallest absolute Gasteiger partial charge is 0.313 e. The fourth-order valence-electron chi connectivity index (χ4n) is 1.69. The molecule has 2 N–H and O–H groups in total. The highest BCUT2D eigenvalue weighted by atomic mass is 35.5. The van der Waals surface area contributed by atoms with E-state index in [1.807, 2.05) is 6.92 Å². The van der Waals surface area contributed by atoms with Crippen molar-refractivity contribution in [2.75, 3.05) is 11.9 Å². The highest BCUT2D eigenvalue weighted by Crippen LogP contribution is 2.19. The first kappa shape index (κ1) is 16.5. The van der Waals surface area contributed by atoms with E-state index in [4.69, 9.17) is 11.6 Å². The lowest BCUT2D eigenvalue weighted by Crippen LogP contribution is -2.35. The van der Waals surface area contributed by atoms with Crippen LogP contribution in [-0.4, -0.2) is 18.4 Å². The van der Waals surface area contributed by atoms with E-state index in [-0.39, 0.29) is 0 Å². The van der Waals surface area contributed by atoms with Crippen molar-refractivity contribution in [2.24, 2.45) is 0 Å². The van der Waals surface area contributed by atoms with Crippen LogP contribution in [0.3, 0.4) is 0 Å². The monoisotopic (exact) mass is 296 g/mol. The van der Waals surface area contributed by atoms with E-state index in [0.29, 0.717) is 17.3 Å². The molecule has 0 unspecified atom stereocenters. The van der Waals surface area contributed by atoms with Gasteiger partial charge < -0.3 is 10.6 Å². The molecule has 0 aliphatic carbocycles. The first-order chi connectivity index (χ1) is 9.54. The molecule has 1 aromatic carbocycles. The van der Waals surface area contributed by atoms with Gasteiger partial charge in [0.25, 0.3) is 0 Å². The second kappa shape index (κ2) is 8.59. The van der Waals surface area contributed by atoms with E-state index < -0.39 is 11.8 Å². The van der Waals surface area contributed by atoms with Gasteiger partial charge in [-0.05, 0) is 31.0 Å². The van der Waals surface area contributed by atoms with Gasteiger partial charge in [0.05, 0.1) is 0 Å². The van der Waals surface area contributed by atoms with Crippen molar-refractivity contribution in [3.05, 3.63) is 28.8 Å². The number of aryl methyl sites for hydroxylation is 1. The first-order valence-electron chi connectivity index (χ1n) is 6.90. The molecule has 0 saturated heterocycles. The van der Waals surface area contributed by atoms with E-state index in [1.54, 1.807) is 18.2 Å². The van der Waals surface area contributed by atoms with Gasteiger partial charge in [0.1, 0.15) is 0 Å². The zero-order valence-corrected chi connectivity index (χ0v) is 12.7. The molecule has 0 aliphatic heterocycles. The van der Waals surface area contributed by atoms with Crippen molar-refractivity contribution < 1.29 is 9.59 Å². The normalized spacial score (nSPS) is 10.2. The molecular weight excluding hydrogens is 276 g/mol. The first-order valence-corrected chi connectivity index (χ1v) is 7.27. The Bertz CT molecular complexity index is 475. The second-order valence-electron chi connectivity index (χ2n) is 4.73. The molecule has 0 atom stereocenters. The number of carbonyl (C=O) groups excluding carboxylic acids is 2. The van der Waals surface area contributed by atoms with Gasteiger partial charge in [0.15, 0.2) is 0 Å². The van der Waals surface area contributed by atoms with E-state index >= 15 is 0 Å². The Hall–Kier alpha value is -1.55. The van der Waals surface area contributed by atoms with Crippen LogP contribution in [0.25, 0.3) is 0 Å². The third kappa shape index (κ3) is 5.61. The summed E-state index contributed by atoms with van der Waals surface area (Å²) >= 11 is 5.96. The van der Waals surface area contributed by atoms with Crippen LogP contribution >= 0.6 is 11.6 Å². The van der Waals surface area contributed by atoms with Crippen molar-refractivity contribution >= 4 is 29.1 Å². The standard InChI is InChI=1S/C15H21ClN2O2/c1-3-4-5-6-9-17-14(19)15(20)18-12-8-7-11(2)13(16)10-12/h7-8,10H,3-6,9H2,1-2H3,(H,17,19)(H,18,20). The summed E-state index contributed by atoms with van der Waals surface area (Å²) in [6.45, 7) is 4.52. The van der Waals surface area contributed by atoms with Gasteiger partial charge in [-0.2, -0.15) is 0 Å². The van der Waals surface area contributed by atoms with Gasteiger partial charge in [0.2, 0.25) is 0 Å². The highest BCUT2D eigenvalue weighted by Gasteiger charge is 2.13. The Kier molecular flexibility index (Phi) is 7.09. The van der Waals surface area contributed by atoms with Crippen LogP contribution in [0.1, 0.15) is 38.2 Å². The molecule has 1 rings (SSSR count). The van der Waals surface area contributed by atoms with Gasteiger partial charge in [0, 0.05) is 17.3 Å². The van der Waals surface area contributed by atoms with Gasteiger partial charge >= 0.3 is 11.8 Å². The number of halogens is 1. The van der Waals surface area contributed by atoms with E-state index in [0.717, 1.165) is 31.2 Å². The minimum absolute atomic E-state index is 0.520. The molecule has 0 bridgehead atoms. The molecular formula is C15H21ClN2O2. The lowest BCUT2D eigenvalue weighted by molar-refractivity contribution is -0.136. The predicted octanol–water partition coefficient (Wildman–Crippen LogP) is 3.28. The fourth-order valence-corrected chi connectivity index (χ4v) is 1.87. The number of rotatable bonds is 6. The average Bonchev–Trinajstić information content (AvgIpc) is 2.42. The van der Waals surface area contributed by atoms with Crippen LogP contribution in [0, 0.1) is 6.92 Å². The number of nitrogens with one attached hydrogen (secondary N) is 2. The van der Waals surface area contributed by atoms with Crippen molar-refractivity contribution in [3.63, 3.8) is 0 Å². The molecule has 20 heavy (non-hydrogen) atoms. The molecule has 2 amide bonds. The Morgan fingerprint density at radius 2 is 1.90 bits per heavy atom. The Labute approximate surface area is 124 Å². The van der Waals surface area contributed by atoms with Crippen molar-refractivity contribution in [3.8, 4) is 0 Å². The molecule has 5 heteroatoms. The largest absolute Gasteiger partial charge is 0.348 e. The van der Waals surface area contributed by atoms with Gasteiger partial charge in [-0.3, -0.25) is 9.59 Å². The lowest BCUT2D eigenvalue weighted by atomic mass is 10.2. The third-order valence-electron chi connectivity index (χ3n) is 2.95. The van der Waals surface area contributed by atoms with Crippen LogP contribution < -0.4 is 10.6 Å². The molecule has 0 saturated carbocycles. The minimum Gasteiger partial charge on any atom is -0.348 e. The number of carbonyl (C=O) groups is 2. The minimum atomic E-state index is -0.666. The van der Waals surface area contributed by atoms with Crippen LogP contribution in [0.2, 0.25) is 5.02 Å². The Balaban J connectivity index is 2.37. The number of anilines is 1. The quantitative estimate of drug-likeness (QED) is 0.625. The number of benzene rings is 1. The zero-order chi connectivity index (χ0) is 15.0. The van der Waals surface area contributed by atoms with Gasteiger partial charge in [-0.1, -0.05) is 43.9 Å². The molecule has 1 aromatic rings. The summed E-state index contributed by atoms with van der Waals surface area (Å²) in [4.78, 5) is 23.2. The Morgan fingerprint density at radius 3 is 2.55 bits per heavy atom. The van der Waals surface area contributed by atoms with Gasteiger partial charge in [-0.25, -0.2) is 0 Å². The third-order valence-corrected chi connectivity index (χ3v) is 3.36. The summed E-state index contributed by atoms with van der Waals surface area (Å²) in [7, 11) is 0. The summed E-state index contributed by atoms with van der Waals surface area (Å²) in [6.07, 6.45) is 4.24. The summed E-state index contributed by atoms with van der Waals surface area (Å²) in [5, 5.41) is 5.69. The number of hydrogen-bond acceptors (Lipinski definition) is 2. The van der Waals surface area contributed by atoms with Crippen LogP contribution in [-0.2, 0) is 9.59 Å². The number of amides is 2. The summed E-state index contributed by atoms with van der Waals surface area (Å²) in [6, 6.07) is 5.14. The molecule has 4 nitrogen and oxygen atoms in total. The van der Waals surface area contributed by atoms with Gasteiger partial charge in [-0.15, -0.1) is 0 Å². The number of hydrogen-bond donors (Lipinski definition) is 2. The van der Waals surface area contributed by atoms with E-state index in [2.05, 4.69) is 17.6 Å². The average molecular weight is 297 g/mol. The zero-order valence-electron chi connectivity index (χ0n) is 12.0. The molecule has 0 spiro atoms. The molecule has 0 fully saturated rings. The molecule has 0 aliphatic rings. The highest BCUT2D eigenvalue weighted by molar-refractivity contribution is 6.39. The molecule has 0 radical (unpaired) electrons.